The van der Waals surface area contributed by atoms with Crippen molar-refractivity contribution in [1.82, 2.24) is 0 Å². The number of hydrogen-bond acceptors (Lipinski definition) is 5. The van der Waals surface area contributed by atoms with Gasteiger partial charge in [0.05, 0.1) is 12.2 Å². The van der Waals surface area contributed by atoms with Gasteiger partial charge in [0.2, 0.25) is 0 Å². The van der Waals surface area contributed by atoms with Crippen molar-refractivity contribution in [2.45, 2.75) is 37.4 Å². The minimum Gasteiger partial charge on any atom is -0.388 e. The van der Waals surface area contributed by atoms with Crippen molar-refractivity contribution in [2.75, 3.05) is 6.54 Å². The van der Waals surface area contributed by atoms with E-state index in [1.165, 1.54) is 0 Å². The Morgan fingerprint density at radius 3 is 2.25 bits per heavy atom. The molecule has 12 heavy (non-hydrogen) atoms. The van der Waals surface area contributed by atoms with E-state index in [0.29, 0.717) is 0 Å². The summed E-state index contributed by atoms with van der Waals surface area (Å²) in [6, 6.07) is 0. The van der Waals surface area contributed by atoms with E-state index in [1.807, 2.05) is 0 Å². The molecule has 0 radical (unpaired) electrons. The molecule has 0 bridgehead atoms. The third-order valence-electron chi connectivity index (χ3n) is 2.18. The van der Waals surface area contributed by atoms with Crippen molar-refractivity contribution in [1.29, 1.82) is 0 Å². The Hall–Kier alpha value is -0.200. The van der Waals surface area contributed by atoms with Gasteiger partial charge < -0.3 is 25.8 Å². The standard InChI is InChI=1S/C7H15NO4/c1-3-5(9)7(11)6(10)4(2-8)12-3/h3-7,9-11H,2,8H2,1H3/t3?,4-,5-,6?,7+/m1/s1. The van der Waals surface area contributed by atoms with Crippen molar-refractivity contribution in [2.24, 2.45) is 5.73 Å². The van der Waals surface area contributed by atoms with Crippen LogP contribution in [0.25, 0.3) is 0 Å². The SMILES string of the molecule is CC1O[C@H](CN)C(O)[C@@H](O)[C@@H]1O. The number of aliphatic hydroxyl groups is 3. The molecule has 0 saturated carbocycles. The van der Waals surface area contributed by atoms with Crippen LogP contribution in [0.15, 0.2) is 0 Å². The Bertz CT molecular complexity index is 150. The zero-order valence-corrected chi connectivity index (χ0v) is 6.92. The summed E-state index contributed by atoms with van der Waals surface area (Å²) < 4.78 is 5.15. The molecule has 0 amide bonds. The van der Waals surface area contributed by atoms with Crippen molar-refractivity contribution in [3.63, 3.8) is 0 Å². The molecule has 1 saturated heterocycles. The maximum Gasteiger partial charge on any atom is 0.111 e. The molecule has 5 N–H and O–H groups in total. The fourth-order valence-electron chi connectivity index (χ4n) is 1.33. The molecule has 0 aromatic carbocycles. The van der Waals surface area contributed by atoms with E-state index in [0.717, 1.165) is 0 Å². The molecular weight excluding hydrogens is 162 g/mol. The van der Waals surface area contributed by atoms with Gasteiger partial charge in [-0.1, -0.05) is 0 Å². The Labute approximate surface area is 70.8 Å². The quantitative estimate of drug-likeness (QED) is 0.365. The molecular formula is C7H15NO4. The first-order chi connectivity index (χ1) is 5.57. The number of nitrogens with two attached hydrogens (primary N) is 1. The van der Waals surface area contributed by atoms with Crippen LogP contribution in [0.1, 0.15) is 6.92 Å². The van der Waals surface area contributed by atoms with Crippen molar-refractivity contribution in [3.8, 4) is 0 Å². The lowest BCUT2D eigenvalue weighted by molar-refractivity contribution is -0.213. The van der Waals surface area contributed by atoms with Gasteiger partial charge in [-0.3, -0.25) is 0 Å². The van der Waals surface area contributed by atoms with Crippen LogP contribution in [0.4, 0.5) is 0 Å². The average Bonchev–Trinajstić information content (AvgIpc) is 2.08. The summed E-state index contributed by atoms with van der Waals surface area (Å²) in [4.78, 5) is 0. The molecule has 5 nitrogen and oxygen atoms in total. The van der Waals surface area contributed by atoms with E-state index < -0.39 is 30.5 Å². The topological polar surface area (TPSA) is 95.9 Å². The lowest BCUT2D eigenvalue weighted by Crippen LogP contribution is -2.58. The normalized spacial score (nSPS) is 49.2. The third kappa shape index (κ3) is 1.60. The summed E-state index contributed by atoms with van der Waals surface area (Å²) in [6.45, 7) is 1.76. The molecule has 5 heteroatoms. The summed E-state index contributed by atoms with van der Waals surface area (Å²) in [5.74, 6) is 0. The highest BCUT2D eigenvalue weighted by atomic mass is 16.5. The second-order valence-electron chi connectivity index (χ2n) is 3.09. The van der Waals surface area contributed by atoms with Gasteiger partial charge in [0.15, 0.2) is 0 Å². The van der Waals surface area contributed by atoms with Gasteiger partial charge in [-0.05, 0) is 6.92 Å². The third-order valence-corrected chi connectivity index (χ3v) is 2.18. The van der Waals surface area contributed by atoms with Gasteiger partial charge >= 0.3 is 0 Å². The summed E-state index contributed by atoms with van der Waals surface area (Å²) in [5, 5.41) is 27.8. The summed E-state index contributed by atoms with van der Waals surface area (Å²) >= 11 is 0. The van der Waals surface area contributed by atoms with E-state index in [4.69, 9.17) is 10.5 Å². The molecule has 72 valence electrons. The summed E-state index contributed by atoms with van der Waals surface area (Å²) in [7, 11) is 0. The van der Waals surface area contributed by atoms with Crippen molar-refractivity contribution >= 4 is 0 Å². The Balaban J connectivity index is 2.63. The van der Waals surface area contributed by atoms with Crippen LogP contribution in [0.5, 0.6) is 0 Å². The summed E-state index contributed by atoms with van der Waals surface area (Å²) in [6.07, 6.45) is -4.37. The Morgan fingerprint density at radius 2 is 1.75 bits per heavy atom. The molecule has 1 fully saturated rings. The highest BCUT2D eigenvalue weighted by molar-refractivity contribution is 4.90. The maximum absolute atomic E-state index is 9.31. The zero-order chi connectivity index (χ0) is 9.30. The molecule has 0 spiro atoms. The van der Waals surface area contributed by atoms with Crippen molar-refractivity contribution < 1.29 is 20.1 Å². The number of hydrogen-bond donors (Lipinski definition) is 4. The highest BCUT2D eigenvalue weighted by Gasteiger charge is 2.40. The van der Waals surface area contributed by atoms with E-state index in [9.17, 15) is 15.3 Å². The minimum absolute atomic E-state index is 0.134. The first kappa shape index (κ1) is 9.88. The first-order valence-electron chi connectivity index (χ1n) is 3.97. The molecule has 1 aliphatic rings. The fourth-order valence-corrected chi connectivity index (χ4v) is 1.33. The minimum atomic E-state index is -1.16. The second-order valence-corrected chi connectivity index (χ2v) is 3.09. The van der Waals surface area contributed by atoms with Gasteiger partial charge in [-0.2, -0.15) is 0 Å². The molecule has 1 aliphatic heterocycles. The monoisotopic (exact) mass is 177 g/mol. The molecule has 2 unspecified atom stereocenters. The largest absolute Gasteiger partial charge is 0.388 e. The van der Waals surface area contributed by atoms with Gasteiger partial charge in [0, 0.05) is 6.54 Å². The molecule has 5 atom stereocenters. The number of rotatable bonds is 1. The highest BCUT2D eigenvalue weighted by Crippen LogP contribution is 2.19. The van der Waals surface area contributed by atoms with E-state index in [-0.39, 0.29) is 6.54 Å². The smallest absolute Gasteiger partial charge is 0.111 e. The van der Waals surface area contributed by atoms with Gasteiger partial charge in [0.1, 0.15) is 18.3 Å². The average molecular weight is 177 g/mol. The van der Waals surface area contributed by atoms with Crippen LogP contribution < -0.4 is 5.73 Å². The molecule has 0 aliphatic carbocycles. The lowest BCUT2D eigenvalue weighted by Gasteiger charge is -2.38. The van der Waals surface area contributed by atoms with E-state index in [2.05, 4.69) is 0 Å². The Kier molecular flexibility index (Phi) is 3.03. The van der Waals surface area contributed by atoms with Crippen LogP contribution in [0, 0.1) is 0 Å². The van der Waals surface area contributed by atoms with Gasteiger partial charge in [0.25, 0.3) is 0 Å². The fraction of sp³-hybridized carbons (Fsp3) is 1.00. The Morgan fingerprint density at radius 1 is 1.17 bits per heavy atom. The number of aliphatic hydroxyl groups excluding tert-OH is 3. The zero-order valence-electron chi connectivity index (χ0n) is 6.92. The molecule has 0 aromatic heterocycles. The van der Waals surface area contributed by atoms with Crippen molar-refractivity contribution in [3.05, 3.63) is 0 Å². The molecule has 1 rings (SSSR count). The maximum atomic E-state index is 9.31. The van der Waals surface area contributed by atoms with Gasteiger partial charge in [-0.15, -0.1) is 0 Å². The predicted octanol–water partition coefficient (Wildman–Crippen LogP) is -2.18. The van der Waals surface area contributed by atoms with Gasteiger partial charge in [-0.25, -0.2) is 0 Å². The van der Waals surface area contributed by atoms with Crippen LogP contribution >= 0.6 is 0 Å². The predicted molar refractivity (Wildman–Crippen MR) is 41.4 cm³/mol. The lowest BCUT2D eigenvalue weighted by atomic mass is 9.96. The van der Waals surface area contributed by atoms with Crippen LogP contribution in [-0.4, -0.2) is 52.4 Å². The second kappa shape index (κ2) is 3.68. The van der Waals surface area contributed by atoms with Crippen LogP contribution in [0.2, 0.25) is 0 Å². The molecule has 0 aromatic rings. The van der Waals surface area contributed by atoms with E-state index in [1.54, 1.807) is 6.92 Å². The van der Waals surface area contributed by atoms with Crippen LogP contribution in [-0.2, 0) is 4.74 Å². The molecule has 1 heterocycles. The van der Waals surface area contributed by atoms with E-state index >= 15 is 0 Å². The van der Waals surface area contributed by atoms with Crippen LogP contribution in [0.3, 0.4) is 0 Å². The number of ether oxygens (including phenoxy) is 1. The first-order valence-corrected chi connectivity index (χ1v) is 3.97. The summed E-state index contributed by atoms with van der Waals surface area (Å²) in [5.41, 5.74) is 5.29.